The second-order valence-electron chi connectivity index (χ2n) is 5.28. The molecule has 0 amide bonds. The van der Waals surface area contributed by atoms with Crippen LogP contribution in [0.5, 0.6) is 0 Å². The maximum Gasteiger partial charge on any atom is 0.310 e. The van der Waals surface area contributed by atoms with Gasteiger partial charge in [-0.15, -0.1) is 0 Å². The van der Waals surface area contributed by atoms with Gasteiger partial charge in [-0.2, -0.15) is 0 Å². The second kappa shape index (κ2) is 3.36. The molecule has 0 spiro atoms. The van der Waals surface area contributed by atoms with Gasteiger partial charge in [0.1, 0.15) is 0 Å². The van der Waals surface area contributed by atoms with Gasteiger partial charge in [-0.1, -0.05) is 31.7 Å². The van der Waals surface area contributed by atoms with Crippen molar-refractivity contribution in [2.45, 2.75) is 27.2 Å². The Balaban J connectivity index is 2.26. The maximum absolute atomic E-state index is 11.5. The summed E-state index contributed by atoms with van der Waals surface area (Å²) in [5.41, 5.74) is -0.152. The van der Waals surface area contributed by atoms with Crippen LogP contribution >= 0.6 is 11.8 Å². The van der Waals surface area contributed by atoms with Crippen molar-refractivity contribution >= 4 is 22.8 Å². The summed E-state index contributed by atoms with van der Waals surface area (Å²) in [5.74, 6) is 0.0503. The molecule has 1 N–H and O–H groups in total. The standard InChI is InChI=1S/C12H16O3S/c1-11(2)8(12(11,3)10(14)15)6-7-4-5-16-9(7)13/h6,8H,4-5H2,1-3H3,(H,14,15)/b7-6+/t8-,12-/m0/s1. The number of hydrogen-bond donors (Lipinski definition) is 1. The summed E-state index contributed by atoms with van der Waals surface area (Å²) >= 11 is 1.33. The third-order valence-electron chi connectivity index (χ3n) is 4.33. The smallest absolute Gasteiger partial charge is 0.310 e. The van der Waals surface area contributed by atoms with Gasteiger partial charge in [0.05, 0.1) is 5.41 Å². The Hall–Kier alpha value is -0.770. The minimum atomic E-state index is -0.766. The third kappa shape index (κ3) is 1.35. The van der Waals surface area contributed by atoms with Crippen molar-refractivity contribution < 1.29 is 14.7 Å². The predicted molar refractivity (Wildman–Crippen MR) is 63.2 cm³/mol. The Labute approximate surface area is 99.3 Å². The monoisotopic (exact) mass is 240 g/mol. The highest BCUT2D eigenvalue weighted by molar-refractivity contribution is 8.14. The lowest BCUT2D eigenvalue weighted by Gasteiger charge is -2.06. The molecule has 2 aliphatic rings. The van der Waals surface area contributed by atoms with Gasteiger partial charge in [-0.3, -0.25) is 9.59 Å². The number of hydrogen-bond acceptors (Lipinski definition) is 3. The average Bonchev–Trinajstić information content (AvgIpc) is 2.50. The van der Waals surface area contributed by atoms with Crippen molar-refractivity contribution in [1.82, 2.24) is 0 Å². The summed E-state index contributed by atoms with van der Waals surface area (Å²) in [5, 5.41) is 9.36. The number of allylic oxidation sites excluding steroid dienone is 1. The molecule has 0 aromatic rings. The van der Waals surface area contributed by atoms with E-state index in [1.165, 1.54) is 11.8 Å². The van der Waals surface area contributed by atoms with Crippen molar-refractivity contribution in [3.8, 4) is 0 Å². The zero-order chi connectivity index (χ0) is 12.1. The number of aliphatic carboxylic acids is 1. The van der Waals surface area contributed by atoms with E-state index in [9.17, 15) is 14.7 Å². The van der Waals surface area contributed by atoms with Crippen molar-refractivity contribution in [3.05, 3.63) is 11.6 Å². The second-order valence-corrected chi connectivity index (χ2v) is 6.35. The van der Waals surface area contributed by atoms with Crippen LogP contribution in [0, 0.1) is 16.7 Å². The van der Waals surface area contributed by atoms with Crippen LogP contribution in [-0.4, -0.2) is 21.9 Å². The van der Waals surface area contributed by atoms with E-state index in [4.69, 9.17) is 0 Å². The minimum Gasteiger partial charge on any atom is -0.481 e. The molecular weight excluding hydrogens is 224 g/mol. The zero-order valence-corrected chi connectivity index (χ0v) is 10.6. The normalized spacial score (nSPS) is 39.1. The molecule has 0 bridgehead atoms. The van der Waals surface area contributed by atoms with Crippen LogP contribution < -0.4 is 0 Å². The molecule has 2 atom stereocenters. The van der Waals surface area contributed by atoms with Crippen LogP contribution in [0.25, 0.3) is 0 Å². The Morgan fingerprint density at radius 3 is 2.50 bits per heavy atom. The first-order chi connectivity index (χ1) is 7.31. The molecule has 1 saturated heterocycles. The third-order valence-corrected chi connectivity index (χ3v) is 5.27. The van der Waals surface area contributed by atoms with E-state index in [2.05, 4.69) is 0 Å². The Kier molecular flexibility index (Phi) is 2.46. The zero-order valence-electron chi connectivity index (χ0n) is 9.74. The molecule has 1 saturated carbocycles. The fourth-order valence-electron chi connectivity index (χ4n) is 2.61. The summed E-state index contributed by atoms with van der Waals surface area (Å²) in [6.07, 6.45) is 2.68. The van der Waals surface area contributed by atoms with E-state index in [0.717, 1.165) is 17.7 Å². The fourth-order valence-corrected chi connectivity index (χ4v) is 3.47. The van der Waals surface area contributed by atoms with Gasteiger partial charge >= 0.3 is 5.97 Å². The number of thioether (sulfide) groups is 1. The number of carboxylic acids is 1. The molecular formula is C12H16O3S. The van der Waals surface area contributed by atoms with E-state index >= 15 is 0 Å². The molecule has 0 aromatic heterocycles. The van der Waals surface area contributed by atoms with Gasteiger partial charge in [-0.05, 0) is 18.8 Å². The summed E-state index contributed by atoms with van der Waals surface area (Å²) in [4.78, 5) is 22.7. The van der Waals surface area contributed by atoms with E-state index < -0.39 is 11.4 Å². The first-order valence-corrected chi connectivity index (χ1v) is 6.41. The molecule has 1 aliphatic heterocycles. The molecule has 4 heteroatoms. The SMILES string of the molecule is CC1(C)[C@H](/C=C2\CCSC2=O)[C@@]1(C)C(=O)O. The molecule has 2 rings (SSSR count). The van der Waals surface area contributed by atoms with Crippen molar-refractivity contribution in [2.24, 2.45) is 16.7 Å². The van der Waals surface area contributed by atoms with Gasteiger partial charge in [0.25, 0.3) is 0 Å². The maximum atomic E-state index is 11.5. The summed E-state index contributed by atoms with van der Waals surface area (Å²) in [6, 6.07) is 0. The molecule has 88 valence electrons. The lowest BCUT2D eigenvalue weighted by molar-refractivity contribution is -0.144. The fraction of sp³-hybridized carbons (Fsp3) is 0.667. The van der Waals surface area contributed by atoms with Crippen LogP contribution in [0.1, 0.15) is 27.2 Å². The van der Waals surface area contributed by atoms with Gasteiger partial charge in [0, 0.05) is 17.2 Å². The minimum absolute atomic E-state index is 0.0184. The van der Waals surface area contributed by atoms with Crippen molar-refractivity contribution in [3.63, 3.8) is 0 Å². The van der Waals surface area contributed by atoms with Crippen LogP contribution in [-0.2, 0) is 9.59 Å². The molecule has 2 fully saturated rings. The summed E-state index contributed by atoms with van der Waals surface area (Å²) in [6.45, 7) is 5.68. The molecule has 0 radical (unpaired) electrons. The van der Waals surface area contributed by atoms with Crippen molar-refractivity contribution in [2.75, 3.05) is 5.75 Å². The topological polar surface area (TPSA) is 54.4 Å². The highest BCUT2D eigenvalue weighted by Gasteiger charge is 2.71. The average molecular weight is 240 g/mol. The number of rotatable bonds is 2. The van der Waals surface area contributed by atoms with E-state index in [0.29, 0.717) is 0 Å². The molecule has 1 heterocycles. The first-order valence-electron chi connectivity index (χ1n) is 5.43. The van der Waals surface area contributed by atoms with E-state index in [1.807, 2.05) is 19.9 Å². The summed E-state index contributed by atoms with van der Waals surface area (Å²) < 4.78 is 0. The lowest BCUT2D eigenvalue weighted by atomic mass is 9.99. The molecule has 3 nitrogen and oxygen atoms in total. The Morgan fingerprint density at radius 1 is 1.50 bits per heavy atom. The van der Waals surface area contributed by atoms with Crippen LogP contribution in [0.2, 0.25) is 0 Å². The van der Waals surface area contributed by atoms with Crippen molar-refractivity contribution in [1.29, 1.82) is 0 Å². The van der Waals surface area contributed by atoms with Crippen LogP contribution in [0.3, 0.4) is 0 Å². The van der Waals surface area contributed by atoms with Gasteiger partial charge in [-0.25, -0.2) is 0 Å². The van der Waals surface area contributed by atoms with E-state index in [-0.39, 0.29) is 16.4 Å². The molecule has 1 aliphatic carbocycles. The van der Waals surface area contributed by atoms with Gasteiger partial charge in [0.15, 0.2) is 0 Å². The number of carbonyl (C=O) groups excluding carboxylic acids is 1. The number of carboxylic acid groups (broad SMARTS) is 1. The summed E-state index contributed by atoms with van der Waals surface area (Å²) in [7, 11) is 0. The highest BCUT2D eigenvalue weighted by Crippen LogP contribution is 2.69. The largest absolute Gasteiger partial charge is 0.481 e. The Morgan fingerprint density at radius 2 is 2.12 bits per heavy atom. The highest BCUT2D eigenvalue weighted by atomic mass is 32.2. The van der Waals surface area contributed by atoms with E-state index in [1.54, 1.807) is 6.92 Å². The molecule has 0 unspecified atom stereocenters. The van der Waals surface area contributed by atoms with Crippen LogP contribution in [0.4, 0.5) is 0 Å². The first kappa shape index (κ1) is 11.7. The van der Waals surface area contributed by atoms with Gasteiger partial charge < -0.3 is 5.11 Å². The Bertz CT molecular complexity index is 397. The van der Waals surface area contributed by atoms with Gasteiger partial charge in [0.2, 0.25) is 5.12 Å². The lowest BCUT2D eigenvalue weighted by Crippen LogP contribution is -2.17. The predicted octanol–water partition coefficient (Wildman–Crippen LogP) is 2.32. The quantitative estimate of drug-likeness (QED) is 0.753. The molecule has 16 heavy (non-hydrogen) atoms. The number of carbonyl (C=O) groups is 2. The molecule has 0 aromatic carbocycles. The van der Waals surface area contributed by atoms with Crippen LogP contribution in [0.15, 0.2) is 11.6 Å².